The Morgan fingerprint density at radius 2 is 1.93 bits per heavy atom. The van der Waals surface area contributed by atoms with Crippen LogP contribution in [-0.2, 0) is 6.54 Å². The Balaban J connectivity index is 1.96. The molecule has 0 saturated carbocycles. The van der Waals surface area contributed by atoms with Crippen molar-refractivity contribution >= 4 is 29.0 Å². The lowest BCUT2D eigenvalue weighted by atomic mass is 10.2. The summed E-state index contributed by atoms with van der Waals surface area (Å²) in [7, 11) is 1.60. The minimum atomic E-state index is -0.217. The van der Waals surface area contributed by atoms with Crippen LogP contribution < -0.4 is 15.4 Å². The molecule has 7 nitrogen and oxygen atoms in total. The quantitative estimate of drug-likeness (QED) is 0.556. The zero-order chi connectivity index (χ0) is 21.2. The van der Waals surface area contributed by atoms with Crippen LogP contribution >= 0.6 is 11.3 Å². The first-order valence-corrected chi connectivity index (χ1v) is 10.8. The first kappa shape index (κ1) is 22.7. The lowest BCUT2D eigenvalue weighted by Gasteiger charge is -2.26. The van der Waals surface area contributed by atoms with E-state index in [2.05, 4.69) is 22.5 Å². The second-order valence-electron chi connectivity index (χ2n) is 6.97. The molecule has 1 aromatic heterocycles. The maximum Gasteiger partial charge on any atom is 0.322 e. The number of hydrogen-bond donors (Lipinski definition) is 2. The lowest BCUT2D eigenvalue weighted by Crippen LogP contribution is -2.39. The predicted octanol–water partition coefficient (Wildman–Crippen LogP) is 4.51. The number of unbranched alkanes of at least 4 members (excludes halogenated alkanes) is 2. The Hall–Kier alpha value is -2.61. The molecule has 2 N–H and O–H groups in total. The molecule has 158 valence electrons. The largest absolute Gasteiger partial charge is 0.497 e. The van der Waals surface area contributed by atoms with E-state index in [1.807, 2.05) is 13.8 Å². The van der Waals surface area contributed by atoms with Crippen molar-refractivity contribution in [3.8, 4) is 5.75 Å². The molecule has 0 spiro atoms. The standard InChI is InChI=1S/C21H30N4O3S/c1-5-6-7-12-22-20(26)18-14-29-19(24-18)13-25(15(2)3)21(27)23-16-8-10-17(28-4)11-9-16/h8-11,14-15H,5-7,12-13H2,1-4H3,(H,22,26)(H,23,27). The highest BCUT2D eigenvalue weighted by atomic mass is 32.1. The van der Waals surface area contributed by atoms with Crippen LogP contribution in [0.2, 0.25) is 0 Å². The van der Waals surface area contributed by atoms with Crippen molar-refractivity contribution in [3.05, 3.63) is 40.3 Å². The lowest BCUT2D eigenvalue weighted by molar-refractivity contribution is 0.0948. The van der Waals surface area contributed by atoms with Gasteiger partial charge in [0.15, 0.2) is 0 Å². The number of nitrogens with zero attached hydrogens (tertiary/aromatic N) is 2. The summed E-state index contributed by atoms with van der Waals surface area (Å²) < 4.78 is 5.13. The minimum absolute atomic E-state index is 0.0246. The molecular formula is C21H30N4O3S. The van der Waals surface area contributed by atoms with Crippen LogP contribution in [0.25, 0.3) is 0 Å². The van der Waals surface area contributed by atoms with Gasteiger partial charge in [0.25, 0.3) is 5.91 Å². The van der Waals surface area contributed by atoms with Gasteiger partial charge in [-0.25, -0.2) is 9.78 Å². The molecule has 3 amide bonds. The minimum Gasteiger partial charge on any atom is -0.497 e. The van der Waals surface area contributed by atoms with E-state index in [0.29, 0.717) is 24.5 Å². The van der Waals surface area contributed by atoms with Crippen molar-refractivity contribution in [2.75, 3.05) is 19.0 Å². The van der Waals surface area contributed by atoms with Crippen LogP contribution in [-0.4, -0.2) is 41.5 Å². The highest BCUT2D eigenvalue weighted by Gasteiger charge is 2.20. The fraction of sp³-hybridized carbons (Fsp3) is 0.476. The fourth-order valence-electron chi connectivity index (χ4n) is 2.66. The average molecular weight is 419 g/mol. The maximum atomic E-state index is 12.7. The molecule has 0 fully saturated rings. The predicted molar refractivity (Wildman–Crippen MR) is 117 cm³/mol. The molecule has 0 unspecified atom stereocenters. The van der Waals surface area contributed by atoms with E-state index in [4.69, 9.17) is 4.74 Å². The van der Waals surface area contributed by atoms with Crippen LogP contribution in [0, 0.1) is 0 Å². The van der Waals surface area contributed by atoms with E-state index < -0.39 is 0 Å². The number of aromatic nitrogens is 1. The van der Waals surface area contributed by atoms with Crippen LogP contribution in [0.1, 0.15) is 55.5 Å². The summed E-state index contributed by atoms with van der Waals surface area (Å²) in [4.78, 5) is 31.0. The summed E-state index contributed by atoms with van der Waals surface area (Å²) in [5.41, 5.74) is 1.09. The SMILES string of the molecule is CCCCCNC(=O)c1csc(CN(C(=O)Nc2ccc(OC)cc2)C(C)C)n1. The van der Waals surface area contributed by atoms with Crippen molar-refractivity contribution in [2.24, 2.45) is 0 Å². The first-order valence-electron chi connectivity index (χ1n) is 9.88. The number of ether oxygens (including phenoxy) is 1. The van der Waals surface area contributed by atoms with Gasteiger partial charge in [-0.1, -0.05) is 19.8 Å². The molecule has 8 heteroatoms. The number of methoxy groups -OCH3 is 1. The number of amides is 3. The van der Waals surface area contributed by atoms with Gasteiger partial charge in [0.05, 0.1) is 13.7 Å². The summed E-state index contributed by atoms with van der Waals surface area (Å²) in [6.07, 6.45) is 3.17. The van der Waals surface area contributed by atoms with E-state index in [0.717, 1.165) is 30.0 Å². The van der Waals surface area contributed by atoms with Gasteiger partial charge in [-0.15, -0.1) is 11.3 Å². The van der Waals surface area contributed by atoms with Crippen molar-refractivity contribution in [2.45, 2.75) is 52.6 Å². The Morgan fingerprint density at radius 1 is 1.21 bits per heavy atom. The van der Waals surface area contributed by atoms with Gasteiger partial charge in [-0.2, -0.15) is 0 Å². The molecule has 0 aliphatic carbocycles. The van der Waals surface area contributed by atoms with E-state index in [9.17, 15) is 9.59 Å². The molecule has 0 radical (unpaired) electrons. The Labute approximate surface area is 176 Å². The van der Waals surface area contributed by atoms with Crippen molar-refractivity contribution in [1.29, 1.82) is 0 Å². The van der Waals surface area contributed by atoms with Gasteiger partial charge in [-0.05, 0) is 44.5 Å². The molecule has 1 aromatic carbocycles. The molecule has 29 heavy (non-hydrogen) atoms. The number of hydrogen-bond acceptors (Lipinski definition) is 5. The molecule has 2 aromatic rings. The number of nitrogens with one attached hydrogen (secondary N) is 2. The van der Waals surface area contributed by atoms with E-state index in [1.165, 1.54) is 11.3 Å². The summed E-state index contributed by atoms with van der Waals surface area (Å²) in [5.74, 6) is 0.564. The number of rotatable bonds is 10. The Bertz CT molecular complexity index is 789. The summed E-state index contributed by atoms with van der Waals surface area (Å²) in [5, 5.41) is 8.25. The monoisotopic (exact) mass is 418 g/mol. The number of thiazole rings is 1. The third-order valence-electron chi connectivity index (χ3n) is 4.38. The topological polar surface area (TPSA) is 83.6 Å². The molecule has 0 atom stereocenters. The van der Waals surface area contributed by atoms with E-state index >= 15 is 0 Å². The van der Waals surface area contributed by atoms with Gasteiger partial charge in [0.2, 0.25) is 0 Å². The maximum absolute atomic E-state index is 12.7. The number of urea groups is 1. The highest BCUT2D eigenvalue weighted by molar-refractivity contribution is 7.09. The highest BCUT2D eigenvalue weighted by Crippen LogP contribution is 2.18. The van der Waals surface area contributed by atoms with Gasteiger partial charge < -0.3 is 20.3 Å². The molecule has 0 bridgehead atoms. The molecule has 0 saturated heterocycles. The van der Waals surface area contributed by atoms with Gasteiger partial charge in [0.1, 0.15) is 16.5 Å². The first-order chi connectivity index (χ1) is 13.9. The number of carbonyl (C=O) groups is 2. The van der Waals surface area contributed by atoms with Crippen molar-refractivity contribution in [1.82, 2.24) is 15.2 Å². The van der Waals surface area contributed by atoms with Gasteiger partial charge in [0, 0.05) is 23.7 Å². The second kappa shape index (κ2) is 11.4. The Kier molecular flexibility index (Phi) is 8.92. The third kappa shape index (κ3) is 7.05. The smallest absolute Gasteiger partial charge is 0.322 e. The molecule has 1 heterocycles. The van der Waals surface area contributed by atoms with E-state index in [1.54, 1.807) is 41.7 Å². The molecule has 0 aliphatic heterocycles. The van der Waals surface area contributed by atoms with Gasteiger partial charge in [-0.3, -0.25) is 4.79 Å². The normalized spacial score (nSPS) is 10.7. The molecule has 2 rings (SSSR count). The van der Waals surface area contributed by atoms with Crippen LogP contribution in [0.4, 0.5) is 10.5 Å². The van der Waals surface area contributed by atoms with Gasteiger partial charge >= 0.3 is 6.03 Å². The van der Waals surface area contributed by atoms with Crippen molar-refractivity contribution < 1.29 is 14.3 Å². The number of benzene rings is 1. The molecule has 0 aliphatic rings. The van der Waals surface area contributed by atoms with Crippen LogP contribution in [0.3, 0.4) is 0 Å². The van der Waals surface area contributed by atoms with Crippen LogP contribution in [0.15, 0.2) is 29.6 Å². The molecular weight excluding hydrogens is 388 g/mol. The van der Waals surface area contributed by atoms with E-state index in [-0.39, 0.29) is 18.0 Å². The average Bonchev–Trinajstić information content (AvgIpc) is 3.18. The second-order valence-corrected chi connectivity index (χ2v) is 7.91. The fourth-order valence-corrected chi connectivity index (χ4v) is 3.43. The number of anilines is 1. The summed E-state index contributed by atoms with van der Waals surface area (Å²) in [6, 6.07) is 6.93. The third-order valence-corrected chi connectivity index (χ3v) is 5.21. The summed E-state index contributed by atoms with van der Waals surface area (Å²) >= 11 is 1.39. The zero-order valence-electron chi connectivity index (χ0n) is 17.5. The summed E-state index contributed by atoms with van der Waals surface area (Å²) in [6.45, 7) is 7.01. The number of carbonyl (C=O) groups excluding carboxylic acids is 2. The van der Waals surface area contributed by atoms with Crippen LogP contribution in [0.5, 0.6) is 5.75 Å². The van der Waals surface area contributed by atoms with Crippen molar-refractivity contribution in [3.63, 3.8) is 0 Å². The Morgan fingerprint density at radius 3 is 2.55 bits per heavy atom. The zero-order valence-corrected chi connectivity index (χ0v) is 18.3.